The van der Waals surface area contributed by atoms with Crippen LogP contribution in [0.3, 0.4) is 0 Å². The van der Waals surface area contributed by atoms with Crippen molar-refractivity contribution in [2.75, 3.05) is 42.5 Å². The third-order valence-electron chi connectivity index (χ3n) is 6.62. The number of hydrogen-bond donors (Lipinski definition) is 2. The van der Waals surface area contributed by atoms with Crippen LogP contribution in [0.5, 0.6) is 0 Å². The number of rotatable bonds is 4. The van der Waals surface area contributed by atoms with Crippen molar-refractivity contribution in [2.45, 2.75) is 13.3 Å². The number of aryl methyl sites for hydroxylation is 1. The molecule has 1 aliphatic heterocycles. The van der Waals surface area contributed by atoms with E-state index in [9.17, 15) is 14.4 Å². The molecule has 2 aromatic heterocycles. The maximum Gasteiger partial charge on any atom is 0.266 e. The average Bonchev–Trinajstić information content (AvgIpc) is 3.23. The fourth-order valence-corrected chi connectivity index (χ4v) is 5.72. The number of hydrogen-bond acceptors (Lipinski definition) is 7. The molecule has 9 heteroatoms. The van der Waals surface area contributed by atoms with Crippen LogP contribution < -0.4 is 16.4 Å². The molecule has 3 heterocycles. The number of halogens is 1. The lowest BCUT2D eigenvalue weighted by atomic mass is 9.96. The SMILES string of the molecule is CCc1ccc(-c2c(C#N)c(N)nc3sc(C(=O)N4CCN(c5ccccc5F)CC4)c(N)c23)cc1. The summed E-state index contributed by atoms with van der Waals surface area (Å²) in [4.78, 5) is 22.5. The Hall–Kier alpha value is -4.16. The molecule has 36 heavy (non-hydrogen) atoms. The molecule has 5 rings (SSSR count). The van der Waals surface area contributed by atoms with Gasteiger partial charge in [0.25, 0.3) is 5.91 Å². The summed E-state index contributed by atoms with van der Waals surface area (Å²) in [5, 5.41) is 10.4. The van der Waals surface area contributed by atoms with Gasteiger partial charge in [0, 0.05) is 37.1 Å². The number of pyridine rings is 1. The van der Waals surface area contributed by atoms with E-state index in [1.165, 1.54) is 23.0 Å². The van der Waals surface area contributed by atoms with Gasteiger partial charge in [-0.2, -0.15) is 5.26 Å². The van der Waals surface area contributed by atoms with Crippen LogP contribution in [0, 0.1) is 17.1 Å². The van der Waals surface area contributed by atoms with E-state index in [1.807, 2.05) is 29.2 Å². The molecule has 0 unspecified atom stereocenters. The highest BCUT2D eigenvalue weighted by atomic mass is 32.1. The lowest BCUT2D eigenvalue weighted by molar-refractivity contribution is 0.0752. The number of benzene rings is 2. The molecule has 0 saturated carbocycles. The largest absolute Gasteiger partial charge is 0.397 e. The fourth-order valence-electron chi connectivity index (χ4n) is 4.64. The molecule has 0 radical (unpaired) electrons. The molecular formula is C27H25FN6OS. The molecule has 1 fully saturated rings. The van der Waals surface area contributed by atoms with E-state index >= 15 is 0 Å². The molecule has 182 valence electrons. The van der Waals surface area contributed by atoms with Crippen molar-refractivity contribution in [2.24, 2.45) is 0 Å². The van der Waals surface area contributed by atoms with E-state index in [0.29, 0.717) is 58.2 Å². The van der Waals surface area contributed by atoms with E-state index in [2.05, 4.69) is 18.0 Å². The van der Waals surface area contributed by atoms with Gasteiger partial charge < -0.3 is 21.3 Å². The van der Waals surface area contributed by atoms with Crippen LogP contribution in [-0.4, -0.2) is 42.0 Å². The second kappa shape index (κ2) is 9.47. The molecule has 2 aromatic carbocycles. The third kappa shape index (κ3) is 3.99. The first-order valence-electron chi connectivity index (χ1n) is 11.7. The number of nitriles is 1. The van der Waals surface area contributed by atoms with Gasteiger partial charge in [-0.1, -0.05) is 43.3 Å². The lowest BCUT2D eigenvalue weighted by Gasteiger charge is -2.36. The maximum atomic E-state index is 14.2. The normalized spacial score (nSPS) is 13.7. The molecule has 0 bridgehead atoms. The molecule has 0 atom stereocenters. The highest BCUT2D eigenvalue weighted by Crippen LogP contribution is 2.43. The summed E-state index contributed by atoms with van der Waals surface area (Å²) in [6.07, 6.45) is 0.892. The summed E-state index contributed by atoms with van der Waals surface area (Å²) in [7, 11) is 0. The Balaban J connectivity index is 1.50. The monoisotopic (exact) mass is 500 g/mol. The Bertz CT molecular complexity index is 1500. The molecular weight excluding hydrogens is 475 g/mol. The Labute approximate surface area is 212 Å². The minimum atomic E-state index is -0.275. The second-order valence-electron chi connectivity index (χ2n) is 8.66. The molecule has 1 saturated heterocycles. The van der Waals surface area contributed by atoms with Crippen LogP contribution in [0.25, 0.3) is 21.3 Å². The molecule has 4 aromatic rings. The zero-order chi connectivity index (χ0) is 25.4. The van der Waals surface area contributed by atoms with Gasteiger partial charge in [0.05, 0.1) is 11.4 Å². The zero-order valence-corrected chi connectivity index (χ0v) is 20.6. The van der Waals surface area contributed by atoms with E-state index in [1.54, 1.807) is 23.1 Å². The van der Waals surface area contributed by atoms with E-state index in [4.69, 9.17) is 11.5 Å². The van der Waals surface area contributed by atoms with Crippen LogP contribution in [-0.2, 0) is 6.42 Å². The van der Waals surface area contributed by atoms with Gasteiger partial charge in [0.15, 0.2) is 0 Å². The first-order valence-corrected chi connectivity index (χ1v) is 12.5. The number of nitrogens with zero attached hydrogens (tertiary/aromatic N) is 4. The predicted octanol–water partition coefficient (Wildman–Crippen LogP) is 4.66. The molecule has 4 N–H and O–H groups in total. The number of thiophene rings is 1. The van der Waals surface area contributed by atoms with Crippen molar-refractivity contribution in [3.63, 3.8) is 0 Å². The Morgan fingerprint density at radius 3 is 2.44 bits per heavy atom. The van der Waals surface area contributed by atoms with Crippen LogP contribution in [0.4, 0.5) is 21.6 Å². The lowest BCUT2D eigenvalue weighted by Crippen LogP contribution is -2.49. The molecule has 7 nitrogen and oxygen atoms in total. The van der Waals surface area contributed by atoms with E-state index < -0.39 is 0 Å². The summed E-state index contributed by atoms with van der Waals surface area (Å²) in [5.41, 5.74) is 16.4. The first-order chi connectivity index (χ1) is 17.4. The highest BCUT2D eigenvalue weighted by molar-refractivity contribution is 7.21. The van der Waals surface area contributed by atoms with Crippen LogP contribution in [0.15, 0.2) is 48.5 Å². The molecule has 0 aliphatic carbocycles. The maximum absolute atomic E-state index is 14.2. The van der Waals surface area contributed by atoms with Gasteiger partial charge in [-0.3, -0.25) is 4.79 Å². The van der Waals surface area contributed by atoms with Gasteiger partial charge in [-0.05, 0) is 29.7 Å². The minimum absolute atomic E-state index is 0.110. The number of anilines is 3. The summed E-state index contributed by atoms with van der Waals surface area (Å²) in [6, 6.07) is 16.7. The molecule has 1 aliphatic rings. The first kappa shape index (κ1) is 23.6. The van der Waals surface area contributed by atoms with Crippen LogP contribution >= 0.6 is 11.3 Å². The molecule has 1 amide bonds. The number of para-hydroxylation sites is 1. The van der Waals surface area contributed by atoms with Gasteiger partial charge in [-0.25, -0.2) is 9.37 Å². The quantitative estimate of drug-likeness (QED) is 0.421. The van der Waals surface area contributed by atoms with Crippen molar-refractivity contribution in [3.8, 4) is 17.2 Å². The van der Waals surface area contributed by atoms with Gasteiger partial charge in [-0.15, -0.1) is 11.3 Å². The standard InChI is InChI=1S/C27H25FN6OS/c1-2-16-7-9-17(10-8-16)21-18(15-29)25(31)32-26-22(21)23(30)24(36-26)27(35)34-13-11-33(12-14-34)20-6-4-3-5-19(20)28/h3-10H,2,11-14,30H2,1H3,(H2,31,32). The minimum Gasteiger partial charge on any atom is -0.397 e. The van der Waals surface area contributed by atoms with Gasteiger partial charge in [0.1, 0.15) is 33.0 Å². The van der Waals surface area contributed by atoms with E-state index in [-0.39, 0.29) is 23.1 Å². The van der Waals surface area contributed by atoms with Gasteiger partial charge >= 0.3 is 0 Å². The number of piperazine rings is 1. The zero-order valence-electron chi connectivity index (χ0n) is 19.8. The van der Waals surface area contributed by atoms with Gasteiger partial charge in [0.2, 0.25) is 0 Å². The number of aromatic nitrogens is 1. The van der Waals surface area contributed by atoms with Crippen molar-refractivity contribution < 1.29 is 9.18 Å². The smallest absolute Gasteiger partial charge is 0.266 e. The summed E-state index contributed by atoms with van der Waals surface area (Å²) in [6.45, 7) is 3.96. The number of nitrogen functional groups attached to an aromatic ring is 2. The highest BCUT2D eigenvalue weighted by Gasteiger charge is 2.29. The van der Waals surface area contributed by atoms with Crippen molar-refractivity contribution in [1.29, 1.82) is 5.26 Å². The third-order valence-corrected chi connectivity index (χ3v) is 7.71. The summed E-state index contributed by atoms with van der Waals surface area (Å²) < 4.78 is 14.2. The van der Waals surface area contributed by atoms with E-state index in [0.717, 1.165) is 12.0 Å². The Morgan fingerprint density at radius 1 is 1.11 bits per heavy atom. The fraction of sp³-hybridized carbons (Fsp3) is 0.222. The van der Waals surface area contributed by atoms with Crippen LogP contribution in [0.2, 0.25) is 0 Å². The molecule has 0 spiro atoms. The topological polar surface area (TPSA) is 112 Å². The predicted molar refractivity (Wildman–Crippen MR) is 142 cm³/mol. The number of carbonyl (C=O) groups excluding carboxylic acids is 1. The number of nitrogens with two attached hydrogens (primary N) is 2. The number of fused-ring (bicyclic) bond motifs is 1. The van der Waals surface area contributed by atoms with Crippen molar-refractivity contribution in [1.82, 2.24) is 9.88 Å². The number of carbonyl (C=O) groups is 1. The van der Waals surface area contributed by atoms with Crippen molar-refractivity contribution >= 4 is 44.7 Å². The number of amides is 1. The summed E-state index contributed by atoms with van der Waals surface area (Å²) in [5.74, 6) is -0.367. The summed E-state index contributed by atoms with van der Waals surface area (Å²) >= 11 is 1.18. The Morgan fingerprint density at radius 2 is 1.81 bits per heavy atom. The second-order valence-corrected chi connectivity index (χ2v) is 9.66. The van der Waals surface area contributed by atoms with Crippen LogP contribution in [0.1, 0.15) is 27.7 Å². The van der Waals surface area contributed by atoms with Crippen molar-refractivity contribution in [3.05, 3.63) is 70.4 Å². The Kier molecular flexibility index (Phi) is 6.20. The average molecular weight is 501 g/mol.